The molecule has 0 fully saturated rings. The van der Waals surface area contributed by atoms with E-state index in [2.05, 4.69) is 4.72 Å². The molecule has 0 bridgehead atoms. The summed E-state index contributed by atoms with van der Waals surface area (Å²) in [6, 6.07) is 15.1. The minimum Gasteiger partial charge on any atom is -0.497 e. The summed E-state index contributed by atoms with van der Waals surface area (Å²) in [7, 11) is -0.863. The molecular formula is C18H16ClNO4S. The van der Waals surface area contributed by atoms with Gasteiger partial charge in [0.25, 0.3) is 10.0 Å². The third-order valence-corrected chi connectivity index (χ3v) is 5.45. The maximum atomic E-state index is 12.9. The number of benzene rings is 3. The van der Waals surface area contributed by atoms with E-state index in [9.17, 15) is 8.42 Å². The number of hydrogen-bond acceptors (Lipinski definition) is 4. The molecule has 0 radical (unpaired) electrons. The lowest BCUT2D eigenvalue weighted by atomic mass is 10.1. The summed E-state index contributed by atoms with van der Waals surface area (Å²) in [6.45, 7) is 0. The first kappa shape index (κ1) is 17.4. The van der Waals surface area contributed by atoms with Crippen LogP contribution in [0, 0.1) is 0 Å². The molecule has 0 aliphatic carbocycles. The Morgan fingerprint density at radius 3 is 2.12 bits per heavy atom. The average Bonchev–Trinajstić information content (AvgIpc) is 2.60. The van der Waals surface area contributed by atoms with Gasteiger partial charge < -0.3 is 9.47 Å². The van der Waals surface area contributed by atoms with Gasteiger partial charge in [-0.05, 0) is 17.5 Å². The number of nitrogens with one attached hydrogen (secondary N) is 1. The molecular weight excluding hydrogens is 362 g/mol. The maximum Gasteiger partial charge on any atom is 0.262 e. The zero-order chi connectivity index (χ0) is 18.0. The van der Waals surface area contributed by atoms with Crippen molar-refractivity contribution < 1.29 is 17.9 Å². The lowest BCUT2D eigenvalue weighted by molar-refractivity contribution is 0.395. The zero-order valence-corrected chi connectivity index (χ0v) is 15.2. The Morgan fingerprint density at radius 1 is 0.920 bits per heavy atom. The van der Waals surface area contributed by atoms with E-state index in [1.165, 1.54) is 20.3 Å². The molecule has 3 aromatic rings. The van der Waals surface area contributed by atoms with Crippen molar-refractivity contribution in [2.24, 2.45) is 0 Å². The molecule has 0 unspecified atom stereocenters. The van der Waals surface area contributed by atoms with Gasteiger partial charge in [0.2, 0.25) is 0 Å². The van der Waals surface area contributed by atoms with Crippen LogP contribution >= 0.6 is 11.6 Å². The first-order chi connectivity index (χ1) is 11.9. The van der Waals surface area contributed by atoms with Crippen LogP contribution in [0.5, 0.6) is 11.5 Å². The maximum absolute atomic E-state index is 12.9. The Morgan fingerprint density at radius 2 is 1.52 bits per heavy atom. The molecule has 7 heteroatoms. The number of hydrogen-bond donors (Lipinski definition) is 1. The molecule has 0 atom stereocenters. The molecule has 0 amide bonds. The molecule has 0 heterocycles. The van der Waals surface area contributed by atoms with Gasteiger partial charge in [-0.1, -0.05) is 35.9 Å². The van der Waals surface area contributed by atoms with Gasteiger partial charge in [-0.3, -0.25) is 4.72 Å². The van der Waals surface area contributed by atoms with Crippen LogP contribution in [0.4, 0.5) is 5.69 Å². The second kappa shape index (κ2) is 6.82. The van der Waals surface area contributed by atoms with E-state index in [1.807, 2.05) is 12.1 Å². The average molecular weight is 378 g/mol. The van der Waals surface area contributed by atoms with Gasteiger partial charge in [0.05, 0.1) is 24.8 Å². The number of fused-ring (bicyclic) bond motifs is 1. The monoisotopic (exact) mass is 377 g/mol. The topological polar surface area (TPSA) is 64.6 Å². The van der Waals surface area contributed by atoms with Gasteiger partial charge in [0.15, 0.2) is 0 Å². The molecule has 0 aromatic heterocycles. The molecule has 0 aliphatic rings. The number of sulfonamides is 1. The number of ether oxygens (including phenoxy) is 2. The second-order valence-corrected chi connectivity index (χ2v) is 7.36. The fraction of sp³-hybridized carbons (Fsp3) is 0.111. The van der Waals surface area contributed by atoms with Crippen molar-refractivity contribution in [2.75, 3.05) is 18.9 Å². The fourth-order valence-corrected chi connectivity index (χ4v) is 4.19. The Hall–Kier alpha value is -2.44. The van der Waals surface area contributed by atoms with Crippen molar-refractivity contribution in [3.05, 3.63) is 59.6 Å². The van der Waals surface area contributed by atoms with Crippen LogP contribution < -0.4 is 14.2 Å². The summed E-state index contributed by atoms with van der Waals surface area (Å²) in [5.41, 5.74) is 0.334. The van der Waals surface area contributed by atoms with E-state index in [-0.39, 0.29) is 4.90 Å². The Labute approximate surface area is 151 Å². The lowest BCUT2D eigenvalue weighted by Crippen LogP contribution is -2.13. The van der Waals surface area contributed by atoms with Gasteiger partial charge in [-0.15, -0.1) is 0 Å². The fourth-order valence-electron chi connectivity index (χ4n) is 2.56. The lowest BCUT2D eigenvalue weighted by Gasteiger charge is -2.13. The number of rotatable bonds is 5. The minimum atomic E-state index is -3.86. The highest BCUT2D eigenvalue weighted by atomic mass is 35.5. The van der Waals surface area contributed by atoms with Crippen molar-refractivity contribution in [2.45, 2.75) is 4.90 Å². The van der Waals surface area contributed by atoms with Gasteiger partial charge in [0, 0.05) is 28.6 Å². The van der Waals surface area contributed by atoms with Crippen LogP contribution in [0.3, 0.4) is 0 Å². The summed E-state index contributed by atoms with van der Waals surface area (Å²) >= 11 is 6.23. The first-order valence-electron chi connectivity index (χ1n) is 7.38. The van der Waals surface area contributed by atoms with Crippen molar-refractivity contribution in [1.29, 1.82) is 0 Å². The summed E-state index contributed by atoms with van der Waals surface area (Å²) < 4.78 is 38.7. The third kappa shape index (κ3) is 3.50. The van der Waals surface area contributed by atoms with Crippen molar-refractivity contribution >= 4 is 38.1 Å². The SMILES string of the molecule is COc1cc(NS(=O)(=O)c2cccc3cccc(Cl)c23)cc(OC)c1. The van der Waals surface area contributed by atoms with Gasteiger partial charge in [-0.25, -0.2) is 8.42 Å². The quantitative estimate of drug-likeness (QED) is 0.719. The molecule has 130 valence electrons. The van der Waals surface area contributed by atoms with E-state index in [0.29, 0.717) is 27.6 Å². The predicted octanol–water partition coefficient (Wildman–Crippen LogP) is 4.31. The molecule has 1 N–H and O–H groups in total. The third-order valence-electron chi connectivity index (χ3n) is 3.71. The van der Waals surface area contributed by atoms with Crippen molar-refractivity contribution in [3.63, 3.8) is 0 Å². The normalized spacial score (nSPS) is 11.3. The van der Waals surface area contributed by atoms with E-state index in [0.717, 1.165) is 5.39 Å². The standard InChI is InChI=1S/C18H16ClNO4S/c1-23-14-9-13(10-15(11-14)24-2)20-25(21,22)17-8-4-6-12-5-3-7-16(19)18(12)17/h3-11,20H,1-2H3. The minimum absolute atomic E-state index is 0.109. The summed E-state index contributed by atoms with van der Waals surface area (Å²) in [4.78, 5) is 0.109. The number of anilines is 1. The number of methoxy groups -OCH3 is 2. The summed E-state index contributed by atoms with van der Waals surface area (Å²) in [6.07, 6.45) is 0. The predicted molar refractivity (Wildman–Crippen MR) is 99.3 cm³/mol. The smallest absolute Gasteiger partial charge is 0.262 e. The van der Waals surface area contributed by atoms with Crippen LogP contribution in [-0.2, 0) is 10.0 Å². The highest BCUT2D eigenvalue weighted by Crippen LogP contribution is 2.32. The Kier molecular flexibility index (Phi) is 4.74. The second-order valence-electron chi connectivity index (χ2n) is 5.30. The van der Waals surface area contributed by atoms with Gasteiger partial charge >= 0.3 is 0 Å². The Balaban J connectivity index is 2.10. The van der Waals surface area contributed by atoms with Crippen molar-refractivity contribution in [3.8, 4) is 11.5 Å². The Bertz CT molecular complexity index is 1010. The van der Waals surface area contributed by atoms with Crippen LogP contribution in [0.25, 0.3) is 10.8 Å². The van der Waals surface area contributed by atoms with E-state index in [1.54, 1.807) is 36.4 Å². The van der Waals surface area contributed by atoms with Crippen LogP contribution in [0.1, 0.15) is 0 Å². The van der Waals surface area contributed by atoms with E-state index in [4.69, 9.17) is 21.1 Å². The molecule has 3 rings (SSSR count). The molecule has 0 spiro atoms. The molecule has 0 aliphatic heterocycles. The summed E-state index contributed by atoms with van der Waals surface area (Å²) in [5, 5.41) is 1.61. The van der Waals surface area contributed by atoms with E-state index < -0.39 is 10.0 Å². The molecule has 3 aromatic carbocycles. The molecule has 25 heavy (non-hydrogen) atoms. The molecule has 0 saturated carbocycles. The van der Waals surface area contributed by atoms with Crippen LogP contribution in [0.15, 0.2) is 59.5 Å². The largest absolute Gasteiger partial charge is 0.497 e. The molecule has 0 saturated heterocycles. The summed E-state index contributed by atoms with van der Waals surface area (Å²) in [5.74, 6) is 0.959. The van der Waals surface area contributed by atoms with E-state index >= 15 is 0 Å². The van der Waals surface area contributed by atoms with Gasteiger partial charge in [-0.2, -0.15) is 0 Å². The van der Waals surface area contributed by atoms with Gasteiger partial charge in [0.1, 0.15) is 11.5 Å². The highest BCUT2D eigenvalue weighted by Gasteiger charge is 2.19. The zero-order valence-electron chi connectivity index (χ0n) is 13.6. The van der Waals surface area contributed by atoms with Crippen molar-refractivity contribution in [1.82, 2.24) is 0 Å². The molecule has 5 nitrogen and oxygen atoms in total. The van der Waals surface area contributed by atoms with Crippen LogP contribution in [0.2, 0.25) is 5.02 Å². The van der Waals surface area contributed by atoms with Crippen LogP contribution in [-0.4, -0.2) is 22.6 Å². The number of halogens is 1. The first-order valence-corrected chi connectivity index (χ1v) is 9.24. The highest BCUT2D eigenvalue weighted by molar-refractivity contribution is 7.93.